The Morgan fingerprint density at radius 1 is 1.17 bits per heavy atom. The van der Waals surface area contributed by atoms with Gasteiger partial charge in [0.25, 0.3) is 0 Å². The van der Waals surface area contributed by atoms with Crippen molar-refractivity contribution in [3.8, 4) is 0 Å². The van der Waals surface area contributed by atoms with Crippen molar-refractivity contribution in [2.75, 3.05) is 11.9 Å². The van der Waals surface area contributed by atoms with Crippen LogP contribution in [0.1, 0.15) is 23.6 Å². The Labute approximate surface area is 74.8 Å². The van der Waals surface area contributed by atoms with Gasteiger partial charge in [-0.1, -0.05) is 6.07 Å². The second-order valence-corrected chi connectivity index (χ2v) is 3.28. The Morgan fingerprint density at radius 2 is 1.83 bits per heavy atom. The SMILES string of the molecule is CCNc1cc(C)cc(C)c1C. The first-order valence-electron chi connectivity index (χ1n) is 4.47. The molecule has 0 amide bonds. The van der Waals surface area contributed by atoms with E-state index in [9.17, 15) is 0 Å². The van der Waals surface area contributed by atoms with Crippen LogP contribution in [0, 0.1) is 20.8 Å². The Bertz CT molecular complexity index is 277. The Balaban J connectivity index is 3.09. The van der Waals surface area contributed by atoms with Crippen molar-refractivity contribution in [3.05, 3.63) is 28.8 Å². The zero-order chi connectivity index (χ0) is 9.14. The van der Waals surface area contributed by atoms with Gasteiger partial charge in [0.2, 0.25) is 0 Å². The summed E-state index contributed by atoms with van der Waals surface area (Å²) >= 11 is 0. The molecule has 0 heterocycles. The van der Waals surface area contributed by atoms with Crippen molar-refractivity contribution >= 4 is 5.69 Å². The highest BCUT2D eigenvalue weighted by atomic mass is 14.9. The van der Waals surface area contributed by atoms with Crippen LogP contribution in [-0.4, -0.2) is 6.54 Å². The third-order valence-corrected chi connectivity index (χ3v) is 2.18. The van der Waals surface area contributed by atoms with E-state index in [1.54, 1.807) is 0 Å². The summed E-state index contributed by atoms with van der Waals surface area (Å²) in [4.78, 5) is 0. The molecule has 0 fully saturated rings. The molecule has 0 spiro atoms. The molecular formula is C11H17N. The summed E-state index contributed by atoms with van der Waals surface area (Å²) in [6.45, 7) is 9.56. The molecule has 1 aromatic rings. The highest BCUT2D eigenvalue weighted by molar-refractivity contribution is 5.55. The molecule has 0 atom stereocenters. The van der Waals surface area contributed by atoms with Crippen LogP contribution in [-0.2, 0) is 0 Å². The van der Waals surface area contributed by atoms with Gasteiger partial charge in [0.15, 0.2) is 0 Å². The van der Waals surface area contributed by atoms with Crippen molar-refractivity contribution in [1.29, 1.82) is 0 Å². The minimum atomic E-state index is 0.990. The number of rotatable bonds is 2. The average molecular weight is 163 g/mol. The maximum absolute atomic E-state index is 3.36. The van der Waals surface area contributed by atoms with Crippen molar-refractivity contribution < 1.29 is 0 Å². The van der Waals surface area contributed by atoms with Gasteiger partial charge in [-0.05, 0) is 50.5 Å². The largest absolute Gasteiger partial charge is 0.385 e. The van der Waals surface area contributed by atoms with Gasteiger partial charge in [0.05, 0.1) is 0 Å². The smallest absolute Gasteiger partial charge is 0.0375 e. The standard InChI is InChI=1S/C11H17N/c1-5-12-11-7-8(2)6-9(3)10(11)4/h6-7,12H,5H2,1-4H3. The quantitative estimate of drug-likeness (QED) is 0.706. The number of hydrogen-bond donors (Lipinski definition) is 1. The van der Waals surface area contributed by atoms with Crippen LogP contribution in [0.25, 0.3) is 0 Å². The average Bonchev–Trinajstić information content (AvgIpc) is 2.00. The first-order chi connectivity index (χ1) is 5.65. The van der Waals surface area contributed by atoms with E-state index < -0.39 is 0 Å². The molecule has 1 aromatic carbocycles. The van der Waals surface area contributed by atoms with Gasteiger partial charge in [-0.15, -0.1) is 0 Å². The number of benzene rings is 1. The Morgan fingerprint density at radius 3 is 2.42 bits per heavy atom. The lowest BCUT2D eigenvalue weighted by Crippen LogP contribution is -2.00. The molecule has 1 N–H and O–H groups in total. The number of anilines is 1. The monoisotopic (exact) mass is 163 g/mol. The van der Waals surface area contributed by atoms with E-state index in [1.807, 2.05) is 0 Å². The van der Waals surface area contributed by atoms with Crippen molar-refractivity contribution in [2.45, 2.75) is 27.7 Å². The first-order valence-corrected chi connectivity index (χ1v) is 4.47. The summed E-state index contributed by atoms with van der Waals surface area (Å²) in [5.74, 6) is 0. The molecule has 0 saturated heterocycles. The molecule has 66 valence electrons. The summed E-state index contributed by atoms with van der Waals surface area (Å²) < 4.78 is 0. The molecule has 1 heteroatoms. The summed E-state index contributed by atoms with van der Waals surface area (Å²) in [5, 5.41) is 3.36. The Kier molecular flexibility index (Phi) is 2.74. The fraction of sp³-hybridized carbons (Fsp3) is 0.455. The number of nitrogens with one attached hydrogen (secondary N) is 1. The van der Waals surface area contributed by atoms with E-state index in [-0.39, 0.29) is 0 Å². The van der Waals surface area contributed by atoms with Gasteiger partial charge in [-0.2, -0.15) is 0 Å². The van der Waals surface area contributed by atoms with Crippen molar-refractivity contribution in [3.63, 3.8) is 0 Å². The maximum atomic E-state index is 3.36. The van der Waals surface area contributed by atoms with Crippen LogP contribution < -0.4 is 5.32 Å². The molecule has 0 unspecified atom stereocenters. The number of aryl methyl sites for hydroxylation is 2. The van der Waals surface area contributed by atoms with Crippen LogP contribution in [0.4, 0.5) is 5.69 Å². The Hall–Kier alpha value is -0.980. The van der Waals surface area contributed by atoms with Crippen LogP contribution in [0.3, 0.4) is 0 Å². The fourth-order valence-electron chi connectivity index (χ4n) is 1.41. The summed E-state index contributed by atoms with van der Waals surface area (Å²) in [6, 6.07) is 4.42. The van der Waals surface area contributed by atoms with E-state index in [1.165, 1.54) is 22.4 Å². The minimum Gasteiger partial charge on any atom is -0.385 e. The summed E-state index contributed by atoms with van der Waals surface area (Å²) in [5.41, 5.74) is 5.33. The lowest BCUT2D eigenvalue weighted by atomic mass is 10.0. The van der Waals surface area contributed by atoms with E-state index in [0.29, 0.717) is 0 Å². The van der Waals surface area contributed by atoms with E-state index in [2.05, 4.69) is 45.1 Å². The van der Waals surface area contributed by atoms with Crippen LogP contribution in [0.5, 0.6) is 0 Å². The molecular weight excluding hydrogens is 146 g/mol. The zero-order valence-electron chi connectivity index (χ0n) is 8.36. The second kappa shape index (κ2) is 3.61. The molecule has 1 nitrogen and oxygen atoms in total. The second-order valence-electron chi connectivity index (χ2n) is 3.28. The van der Waals surface area contributed by atoms with Gasteiger partial charge < -0.3 is 5.32 Å². The number of hydrogen-bond acceptors (Lipinski definition) is 1. The molecule has 0 aliphatic rings. The lowest BCUT2D eigenvalue weighted by molar-refractivity contribution is 1.18. The molecule has 0 radical (unpaired) electrons. The normalized spacial score (nSPS) is 10.0. The molecule has 0 saturated carbocycles. The lowest BCUT2D eigenvalue weighted by Gasteiger charge is -2.10. The predicted molar refractivity (Wildman–Crippen MR) is 54.8 cm³/mol. The van der Waals surface area contributed by atoms with Gasteiger partial charge in [-0.3, -0.25) is 0 Å². The maximum Gasteiger partial charge on any atom is 0.0375 e. The van der Waals surface area contributed by atoms with Gasteiger partial charge in [-0.25, -0.2) is 0 Å². The van der Waals surface area contributed by atoms with E-state index in [0.717, 1.165) is 6.54 Å². The molecule has 0 aliphatic carbocycles. The third kappa shape index (κ3) is 1.79. The molecule has 0 aromatic heterocycles. The molecule has 12 heavy (non-hydrogen) atoms. The fourth-order valence-corrected chi connectivity index (χ4v) is 1.41. The van der Waals surface area contributed by atoms with E-state index >= 15 is 0 Å². The molecule has 1 rings (SSSR count). The van der Waals surface area contributed by atoms with Gasteiger partial charge >= 0.3 is 0 Å². The highest BCUT2D eigenvalue weighted by Gasteiger charge is 2.00. The van der Waals surface area contributed by atoms with Gasteiger partial charge in [0, 0.05) is 12.2 Å². The van der Waals surface area contributed by atoms with Gasteiger partial charge in [0.1, 0.15) is 0 Å². The molecule has 0 bridgehead atoms. The minimum absolute atomic E-state index is 0.990. The summed E-state index contributed by atoms with van der Waals surface area (Å²) in [6.07, 6.45) is 0. The zero-order valence-corrected chi connectivity index (χ0v) is 8.36. The topological polar surface area (TPSA) is 12.0 Å². The molecule has 0 aliphatic heterocycles. The first kappa shape index (κ1) is 9.11. The third-order valence-electron chi connectivity index (χ3n) is 2.18. The van der Waals surface area contributed by atoms with Crippen molar-refractivity contribution in [2.24, 2.45) is 0 Å². The van der Waals surface area contributed by atoms with Crippen LogP contribution in [0.2, 0.25) is 0 Å². The highest BCUT2D eigenvalue weighted by Crippen LogP contribution is 2.20. The van der Waals surface area contributed by atoms with E-state index in [4.69, 9.17) is 0 Å². The summed E-state index contributed by atoms with van der Waals surface area (Å²) in [7, 11) is 0. The van der Waals surface area contributed by atoms with Crippen molar-refractivity contribution in [1.82, 2.24) is 0 Å². The van der Waals surface area contributed by atoms with Crippen LogP contribution in [0.15, 0.2) is 12.1 Å². The van der Waals surface area contributed by atoms with Crippen LogP contribution >= 0.6 is 0 Å². The predicted octanol–water partition coefficient (Wildman–Crippen LogP) is 3.04.